The first kappa shape index (κ1) is 44.9. The molecule has 2 saturated carbocycles. The van der Waals surface area contributed by atoms with E-state index in [1.54, 1.807) is 0 Å². The van der Waals surface area contributed by atoms with E-state index in [4.69, 9.17) is 0 Å². The minimum absolute atomic E-state index is 0.685. The van der Waals surface area contributed by atoms with Crippen LogP contribution in [0.25, 0.3) is 69.1 Å². The molecule has 2 aliphatic rings. The maximum Gasteiger partial charge on any atom is -0.0105 e. The summed E-state index contributed by atoms with van der Waals surface area (Å²) in [5.41, 5.74) is 17.5. The van der Waals surface area contributed by atoms with Crippen LogP contribution in [-0.4, -0.2) is 0 Å². The molecule has 9 aromatic rings. The molecule has 2 fully saturated rings. The van der Waals surface area contributed by atoms with Gasteiger partial charge in [-0.05, 0) is 173 Å². The summed E-state index contributed by atoms with van der Waals surface area (Å²) in [5.74, 6) is 1.37. The minimum atomic E-state index is 0.685. The average molecular weight is 903 g/mol. The van der Waals surface area contributed by atoms with E-state index in [0.29, 0.717) is 11.8 Å². The predicted molar refractivity (Wildman–Crippen MR) is 304 cm³/mol. The van der Waals surface area contributed by atoms with Gasteiger partial charge in [0.2, 0.25) is 0 Å². The molecule has 0 aliphatic heterocycles. The first-order chi connectivity index (χ1) is 34.7. The summed E-state index contributed by atoms with van der Waals surface area (Å²) in [6.45, 7) is 0. The number of hydrogen-bond donors (Lipinski definition) is 0. The van der Waals surface area contributed by atoms with Crippen LogP contribution < -0.4 is 0 Å². The van der Waals surface area contributed by atoms with Gasteiger partial charge in [-0.3, -0.25) is 0 Å². The minimum Gasteiger partial charge on any atom is -0.0622 e. The van der Waals surface area contributed by atoms with Gasteiger partial charge >= 0.3 is 0 Å². The van der Waals surface area contributed by atoms with E-state index in [1.807, 2.05) is 0 Å². The SMILES string of the molecule is C(=Cc1cc2cc3ccccc3cc2cc1C=Cc1ccccc1C=C(c1ccccc1)c1ccc(C2CCCCC2)cc1)c1ccccc1C=C(c1ccccc1)c1ccc(C2CCCCC2)cc1. The first-order valence-corrected chi connectivity index (χ1v) is 25.9. The summed E-state index contributed by atoms with van der Waals surface area (Å²) in [4.78, 5) is 0. The molecule has 11 rings (SSSR count). The largest absolute Gasteiger partial charge is 0.0622 e. The summed E-state index contributed by atoms with van der Waals surface area (Å²) < 4.78 is 0. The standard InChI is InChI=1S/C70H62/c1-5-19-51(20-6-1)55-33-39-59(40-34-55)69(57-25-9-3-10-26-57)49-63-31-15-13-23-53(63)37-43-65-47-67-45-61-29-17-18-30-62(61)46-68(67)48-66(65)44-38-54-24-14-16-32-64(54)50-70(58-27-11-4-12-28-58)60-41-35-56(36-42-60)52-21-7-2-8-22-52/h3-4,9-18,23-52H,1-2,5-8,19-22H2. The highest BCUT2D eigenvalue weighted by molar-refractivity contribution is 6.02. The van der Waals surface area contributed by atoms with Crippen molar-refractivity contribution < 1.29 is 0 Å². The maximum absolute atomic E-state index is 2.39. The van der Waals surface area contributed by atoms with Crippen LogP contribution in [0.2, 0.25) is 0 Å². The van der Waals surface area contributed by atoms with Gasteiger partial charge in [0.25, 0.3) is 0 Å². The van der Waals surface area contributed by atoms with Gasteiger partial charge < -0.3 is 0 Å². The second-order valence-corrected chi connectivity index (χ2v) is 19.7. The molecule has 0 spiro atoms. The van der Waals surface area contributed by atoms with E-state index in [0.717, 1.165) is 0 Å². The van der Waals surface area contributed by atoms with E-state index in [9.17, 15) is 0 Å². The topological polar surface area (TPSA) is 0 Å². The maximum atomic E-state index is 2.39. The van der Waals surface area contributed by atoms with Crippen molar-refractivity contribution in [3.63, 3.8) is 0 Å². The summed E-state index contributed by atoms with van der Waals surface area (Å²) in [7, 11) is 0. The fourth-order valence-corrected chi connectivity index (χ4v) is 11.2. The first-order valence-electron chi connectivity index (χ1n) is 25.9. The monoisotopic (exact) mass is 902 g/mol. The molecule has 0 saturated heterocycles. The molecule has 2 aliphatic carbocycles. The number of fused-ring (bicyclic) bond motifs is 2. The Bertz CT molecular complexity index is 3100. The van der Waals surface area contributed by atoms with Gasteiger partial charge in [0, 0.05) is 0 Å². The quantitative estimate of drug-likeness (QED) is 0.0846. The predicted octanol–water partition coefficient (Wildman–Crippen LogP) is 19.6. The molecular weight excluding hydrogens is 841 g/mol. The van der Waals surface area contributed by atoms with Crippen LogP contribution in [0, 0.1) is 0 Å². The van der Waals surface area contributed by atoms with Gasteiger partial charge in [-0.2, -0.15) is 0 Å². The van der Waals surface area contributed by atoms with Gasteiger partial charge in [-0.25, -0.2) is 0 Å². The molecule has 70 heavy (non-hydrogen) atoms. The zero-order valence-electron chi connectivity index (χ0n) is 40.3. The van der Waals surface area contributed by atoms with Gasteiger partial charge in [0.05, 0.1) is 0 Å². The Morgan fingerprint density at radius 3 is 1.00 bits per heavy atom. The second kappa shape index (κ2) is 21.4. The van der Waals surface area contributed by atoms with Crippen molar-refractivity contribution in [3.05, 3.63) is 273 Å². The molecule has 0 unspecified atom stereocenters. The Morgan fingerprint density at radius 2 is 0.600 bits per heavy atom. The van der Waals surface area contributed by atoms with E-state index >= 15 is 0 Å². The third kappa shape index (κ3) is 10.4. The summed E-state index contributed by atoms with van der Waals surface area (Å²) in [6, 6.07) is 76.5. The van der Waals surface area contributed by atoms with E-state index in [1.165, 1.54) is 164 Å². The molecule has 0 aromatic heterocycles. The molecule has 0 N–H and O–H groups in total. The van der Waals surface area contributed by atoms with Crippen molar-refractivity contribution in [2.24, 2.45) is 0 Å². The molecule has 0 amide bonds. The lowest BCUT2D eigenvalue weighted by Crippen LogP contribution is -2.04. The Kier molecular flexibility index (Phi) is 13.7. The molecule has 0 bridgehead atoms. The van der Waals surface area contributed by atoms with Gasteiger partial charge in [-0.15, -0.1) is 0 Å². The van der Waals surface area contributed by atoms with Crippen LogP contribution in [0.15, 0.2) is 206 Å². The number of benzene rings is 9. The molecule has 0 atom stereocenters. The Hall–Kier alpha value is -7.54. The smallest absolute Gasteiger partial charge is 0.0105 e. The van der Waals surface area contributed by atoms with Crippen LogP contribution in [0.4, 0.5) is 0 Å². The third-order valence-electron chi connectivity index (χ3n) is 15.1. The zero-order chi connectivity index (χ0) is 46.9. The van der Waals surface area contributed by atoms with Crippen molar-refractivity contribution in [1.82, 2.24) is 0 Å². The van der Waals surface area contributed by atoms with Gasteiger partial charge in [0.1, 0.15) is 0 Å². The van der Waals surface area contributed by atoms with Crippen LogP contribution in [0.3, 0.4) is 0 Å². The lowest BCUT2D eigenvalue weighted by atomic mass is 9.83. The van der Waals surface area contributed by atoms with Crippen LogP contribution in [-0.2, 0) is 0 Å². The fourth-order valence-electron chi connectivity index (χ4n) is 11.2. The van der Waals surface area contributed by atoms with Crippen LogP contribution in [0.1, 0.15) is 143 Å². The molecule has 342 valence electrons. The fraction of sp³-hybridized carbons (Fsp3) is 0.171. The van der Waals surface area contributed by atoms with Crippen molar-refractivity contribution in [3.8, 4) is 0 Å². The van der Waals surface area contributed by atoms with Gasteiger partial charge in [0.15, 0.2) is 0 Å². The van der Waals surface area contributed by atoms with Crippen molar-refractivity contribution in [2.45, 2.75) is 76.0 Å². The lowest BCUT2D eigenvalue weighted by molar-refractivity contribution is 0.443. The molecule has 0 heteroatoms. The highest BCUT2D eigenvalue weighted by Crippen LogP contribution is 2.37. The third-order valence-corrected chi connectivity index (χ3v) is 15.1. The van der Waals surface area contributed by atoms with Crippen molar-refractivity contribution in [1.29, 1.82) is 0 Å². The van der Waals surface area contributed by atoms with Crippen molar-refractivity contribution in [2.75, 3.05) is 0 Å². The summed E-state index contributed by atoms with van der Waals surface area (Å²) in [5, 5.41) is 4.97. The van der Waals surface area contributed by atoms with E-state index < -0.39 is 0 Å². The Labute approximate surface area is 416 Å². The van der Waals surface area contributed by atoms with Gasteiger partial charge in [-0.1, -0.05) is 245 Å². The molecule has 0 radical (unpaired) electrons. The molecule has 9 aromatic carbocycles. The molecule has 0 nitrogen and oxygen atoms in total. The number of hydrogen-bond acceptors (Lipinski definition) is 0. The van der Waals surface area contributed by atoms with Crippen LogP contribution in [0.5, 0.6) is 0 Å². The number of rotatable bonds is 12. The summed E-state index contributed by atoms with van der Waals surface area (Å²) in [6.07, 6.45) is 27.4. The highest BCUT2D eigenvalue weighted by atomic mass is 14.2. The van der Waals surface area contributed by atoms with Crippen molar-refractivity contribution >= 4 is 69.1 Å². The molecule has 0 heterocycles. The average Bonchev–Trinajstić information content (AvgIpc) is 3.43. The Balaban J connectivity index is 0.966. The van der Waals surface area contributed by atoms with E-state index in [-0.39, 0.29) is 0 Å². The zero-order valence-corrected chi connectivity index (χ0v) is 40.3. The Morgan fingerprint density at radius 1 is 0.271 bits per heavy atom. The normalized spacial score (nSPS) is 15.4. The molecular formula is C70H62. The lowest BCUT2D eigenvalue weighted by Gasteiger charge is -2.22. The second-order valence-electron chi connectivity index (χ2n) is 19.7. The van der Waals surface area contributed by atoms with Crippen LogP contribution >= 0.6 is 0 Å². The highest BCUT2D eigenvalue weighted by Gasteiger charge is 2.18. The van der Waals surface area contributed by atoms with E-state index in [2.05, 4.69) is 243 Å². The summed E-state index contributed by atoms with van der Waals surface area (Å²) >= 11 is 0.